The van der Waals surface area contributed by atoms with E-state index in [0.29, 0.717) is 12.5 Å². The molecule has 1 atom stereocenters. The van der Waals surface area contributed by atoms with Gasteiger partial charge in [-0.2, -0.15) is 0 Å². The molecule has 0 aliphatic carbocycles. The van der Waals surface area contributed by atoms with E-state index in [4.69, 9.17) is 5.73 Å². The smallest absolute Gasteiger partial charge is 0.230 e. The Hall–Kier alpha value is -1.94. The lowest BCUT2D eigenvalue weighted by Crippen LogP contribution is -2.31. The van der Waals surface area contributed by atoms with Gasteiger partial charge in [0.2, 0.25) is 5.95 Å². The van der Waals surface area contributed by atoms with Crippen molar-refractivity contribution < 1.29 is 0 Å². The van der Waals surface area contributed by atoms with Gasteiger partial charge in [0.1, 0.15) is 0 Å². The molecule has 1 aliphatic rings. The van der Waals surface area contributed by atoms with Crippen LogP contribution in [0.2, 0.25) is 0 Å². The molecule has 104 valence electrons. The van der Waals surface area contributed by atoms with Gasteiger partial charge in [0.15, 0.2) is 0 Å². The van der Waals surface area contributed by atoms with Gasteiger partial charge in [0.25, 0.3) is 0 Å². The van der Waals surface area contributed by atoms with E-state index in [0.717, 1.165) is 30.2 Å². The quantitative estimate of drug-likeness (QED) is 0.909. The minimum atomic E-state index is 0.485. The van der Waals surface area contributed by atoms with Crippen LogP contribution in [0.3, 0.4) is 0 Å². The number of para-hydroxylation sites is 1. The van der Waals surface area contributed by atoms with Crippen LogP contribution in [0.4, 0.5) is 11.6 Å². The molecule has 2 heterocycles. The molecule has 0 saturated heterocycles. The monoisotopic (exact) mass is 268 g/mol. The van der Waals surface area contributed by atoms with Crippen molar-refractivity contribution in [2.45, 2.75) is 26.8 Å². The van der Waals surface area contributed by atoms with E-state index in [2.05, 4.69) is 46.1 Å². The first-order chi connectivity index (χ1) is 9.69. The first kappa shape index (κ1) is 13.1. The van der Waals surface area contributed by atoms with Crippen molar-refractivity contribution in [2.24, 2.45) is 11.7 Å². The Kier molecular flexibility index (Phi) is 3.40. The third kappa shape index (κ3) is 2.27. The fourth-order valence-electron chi connectivity index (χ4n) is 2.80. The van der Waals surface area contributed by atoms with Crippen molar-refractivity contribution in [3.8, 4) is 0 Å². The highest BCUT2D eigenvalue weighted by Crippen LogP contribution is 2.33. The lowest BCUT2D eigenvalue weighted by Gasteiger charge is -2.33. The summed E-state index contributed by atoms with van der Waals surface area (Å²) in [4.78, 5) is 11.4. The Balaban J connectivity index is 2.04. The third-order valence-electron chi connectivity index (χ3n) is 3.87. The molecule has 20 heavy (non-hydrogen) atoms. The van der Waals surface area contributed by atoms with Gasteiger partial charge in [-0.05, 0) is 30.9 Å². The van der Waals surface area contributed by atoms with E-state index < -0.39 is 0 Å². The lowest BCUT2D eigenvalue weighted by atomic mass is 9.94. The van der Waals surface area contributed by atoms with E-state index >= 15 is 0 Å². The van der Waals surface area contributed by atoms with Crippen molar-refractivity contribution in [3.63, 3.8) is 0 Å². The van der Waals surface area contributed by atoms with Gasteiger partial charge in [-0.15, -0.1) is 0 Å². The van der Waals surface area contributed by atoms with Gasteiger partial charge < -0.3 is 10.6 Å². The second-order valence-corrected chi connectivity index (χ2v) is 5.53. The Morgan fingerprint density at radius 2 is 2.15 bits per heavy atom. The van der Waals surface area contributed by atoms with Gasteiger partial charge in [-0.1, -0.05) is 25.1 Å². The number of nitrogens with zero attached hydrogens (tertiary/aromatic N) is 3. The summed E-state index contributed by atoms with van der Waals surface area (Å²) in [5, 5.41) is 0. The second kappa shape index (κ2) is 5.21. The zero-order valence-corrected chi connectivity index (χ0v) is 12.0. The Morgan fingerprint density at radius 1 is 1.35 bits per heavy atom. The van der Waals surface area contributed by atoms with Crippen LogP contribution < -0.4 is 10.6 Å². The number of hydrogen-bond acceptors (Lipinski definition) is 4. The Morgan fingerprint density at radius 3 is 2.90 bits per heavy atom. The molecular formula is C16H20N4. The Bertz CT molecular complexity index is 624. The molecule has 4 heteroatoms. The SMILES string of the molecule is Cc1nc(N2CC(C)Cc3ccccc32)ncc1CN. The lowest BCUT2D eigenvalue weighted by molar-refractivity contribution is 0.557. The fraction of sp³-hybridized carbons (Fsp3) is 0.375. The largest absolute Gasteiger partial charge is 0.326 e. The van der Waals surface area contributed by atoms with Gasteiger partial charge >= 0.3 is 0 Å². The highest BCUT2D eigenvalue weighted by Gasteiger charge is 2.24. The number of aryl methyl sites for hydroxylation is 1. The number of rotatable bonds is 2. The summed E-state index contributed by atoms with van der Waals surface area (Å²) in [5.74, 6) is 1.38. The summed E-state index contributed by atoms with van der Waals surface area (Å²) >= 11 is 0. The first-order valence-electron chi connectivity index (χ1n) is 7.07. The number of fused-ring (bicyclic) bond motifs is 1. The molecule has 0 saturated carbocycles. The zero-order valence-electron chi connectivity index (χ0n) is 12.0. The summed E-state index contributed by atoms with van der Waals surface area (Å²) in [6, 6.07) is 8.51. The summed E-state index contributed by atoms with van der Waals surface area (Å²) < 4.78 is 0. The summed E-state index contributed by atoms with van der Waals surface area (Å²) in [7, 11) is 0. The van der Waals surface area contributed by atoms with Crippen molar-refractivity contribution >= 4 is 11.6 Å². The average molecular weight is 268 g/mol. The van der Waals surface area contributed by atoms with Crippen molar-refractivity contribution in [3.05, 3.63) is 47.3 Å². The molecule has 1 aliphatic heterocycles. The molecule has 0 spiro atoms. The van der Waals surface area contributed by atoms with E-state index in [-0.39, 0.29) is 0 Å². The third-order valence-corrected chi connectivity index (χ3v) is 3.87. The highest BCUT2D eigenvalue weighted by molar-refractivity contribution is 5.63. The zero-order chi connectivity index (χ0) is 14.1. The van der Waals surface area contributed by atoms with Crippen LogP contribution >= 0.6 is 0 Å². The van der Waals surface area contributed by atoms with Crippen LogP contribution in [-0.2, 0) is 13.0 Å². The molecule has 2 N–H and O–H groups in total. The molecule has 1 aromatic carbocycles. The summed E-state index contributed by atoms with van der Waals surface area (Å²) in [6.07, 6.45) is 2.96. The number of aromatic nitrogens is 2. The van der Waals surface area contributed by atoms with E-state index in [9.17, 15) is 0 Å². The predicted octanol–water partition coefficient (Wildman–Crippen LogP) is 2.57. The van der Waals surface area contributed by atoms with Crippen molar-refractivity contribution in [1.29, 1.82) is 0 Å². The molecule has 4 nitrogen and oxygen atoms in total. The van der Waals surface area contributed by atoms with Gasteiger partial charge in [-0.3, -0.25) is 0 Å². The molecule has 3 rings (SSSR count). The van der Waals surface area contributed by atoms with Crippen LogP contribution in [0.15, 0.2) is 30.5 Å². The summed E-state index contributed by atoms with van der Waals surface area (Å²) in [5.41, 5.74) is 10.3. The maximum atomic E-state index is 5.68. The predicted molar refractivity (Wildman–Crippen MR) is 81.0 cm³/mol. The number of benzene rings is 1. The topological polar surface area (TPSA) is 55.0 Å². The highest BCUT2D eigenvalue weighted by atomic mass is 15.3. The molecule has 1 unspecified atom stereocenters. The van der Waals surface area contributed by atoms with Gasteiger partial charge in [0.05, 0.1) is 0 Å². The molecule has 1 aromatic heterocycles. The minimum Gasteiger partial charge on any atom is -0.326 e. The Labute approximate surface area is 119 Å². The van der Waals surface area contributed by atoms with E-state index in [1.165, 1.54) is 11.3 Å². The van der Waals surface area contributed by atoms with E-state index in [1.54, 1.807) is 0 Å². The average Bonchev–Trinajstić information content (AvgIpc) is 2.46. The molecule has 2 aromatic rings. The minimum absolute atomic E-state index is 0.485. The van der Waals surface area contributed by atoms with Gasteiger partial charge in [-0.25, -0.2) is 9.97 Å². The second-order valence-electron chi connectivity index (χ2n) is 5.53. The maximum Gasteiger partial charge on any atom is 0.230 e. The molecular weight excluding hydrogens is 248 g/mol. The van der Waals surface area contributed by atoms with Crippen molar-refractivity contribution in [1.82, 2.24) is 9.97 Å². The molecule has 0 amide bonds. The van der Waals surface area contributed by atoms with Crippen LogP contribution in [0.25, 0.3) is 0 Å². The van der Waals surface area contributed by atoms with E-state index in [1.807, 2.05) is 13.1 Å². The fourth-order valence-corrected chi connectivity index (χ4v) is 2.80. The van der Waals surface area contributed by atoms with Crippen molar-refractivity contribution in [2.75, 3.05) is 11.4 Å². The number of nitrogens with two attached hydrogens (primary N) is 1. The van der Waals surface area contributed by atoms with Crippen LogP contribution in [0.5, 0.6) is 0 Å². The maximum absolute atomic E-state index is 5.68. The molecule has 0 fully saturated rings. The molecule has 0 radical (unpaired) electrons. The standard InChI is InChI=1S/C16H20N4/c1-11-7-13-5-3-4-6-15(13)20(10-11)16-18-9-14(8-17)12(2)19-16/h3-6,9,11H,7-8,10,17H2,1-2H3. The molecule has 0 bridgehead atoms. The summed E-state index contributed by atoms with van der Waals surface area (Å²) in [6.45, 7) is 5.70. The van der Waals surface area contributed by atoms with Crippen LogP contribution in [-0.4, -0.2) is 16.5 Å². The van der Waals surface area contributed by atoms with Crippen LogP contribution in [0, 0.1) is 12.8 Å². The number of hydrogen-bond donors (Lipinski definition) is 1. The first-order valence-corrected chi connectivity index (χ1v) is 7.07. The number of anilines is 2. The van der Waals surface area contributed by atoms with Gasteiger partial charge in [0, 0.05) is 36.2 Å². The normalized spacial score (nSPS) is 17.9. The van der Waals surface area contributed by atoms with Crippen LogP contribution in [0.1, 0.15) is 23.7 Å².